The molecule has 5 nitrogen and oxygen atoms in total. The molecule has 0 bridgehead atoms. The minimum Gasteiger partial charge on any atom is -0.350 e. The van der Waals surface area contributed by atoms with E-state index in [9.17, 15) is 9.59 Å². The number of nitrogens with zero attached hydrogens (tertiary/aromatic N) is 1. The van der Waals surface area contributed by atoms with E-state index in [1.54, 1.807) is 36.4 Å². The molecular weight excluding hydrogens is 349 g/mol. The molecule has 0 atom stereocenters. The molecule has 7 heteroatoms. The highest BCUT2D eigenvalue weighted by Gasteiger charge is 2.08. The van der Waals surface area contributed by atoms with Gasteiger partial charge in [-0.25, -0.2) is 0 Å². The van der Waals surface area contributed by atoms with Gasteiger partial charge in [0.2, 0.25) is 0 Å². The smallest absolute Gasteiger partial charge is 0.251 e. The summed E-state index contributed by atoms with van der Waals surface area (Å²) in [5, 5.41) is 14.7. The highest BCUT2D eigenvalue weighted by atomic mass is 35.5. The van der Waals surface area contributed by atoms with E-state index in [2.05, 4.69) is 10.6 Å². The average molecular weight is 362 g/mol. The fraction of sp³-hybridized carbons (Fsp3) is 0.118. The fourth-order valence-electron chi connectivity index (χ4n) is 1.89. The Hall–Kier alpha value is -2.55. The summed E-state index contributed by atoms with van der Waals surface area (Å²) in [6.07, 6.45) is 0. The predicted molar refractivity (Wildman–Crippen MR) is 92.3 cm³/mol. The van der Waals surface area contributed by atoms with Crippen molar-refractivity contribution in [3.8, 4) is 6.07 Å². The SMILES string of the molecule is N#Cc1ccc(C(=O)NCCNC(=O)c2ccc(Cl)c(Cl)c2)cc1. The molecule has 2 aromatic carbocycles. The second-order valence-electron chi connectivity index (χ2n) is 4.83. The zero-order chi connectivity index (χ0) is 17.5. The molecule has 0 spiro atoms. The van der Waals surface area contributed by atoms with Crippen LogP contribution in [0.25, 0.3) is 0 Å². The van der Waals surface area contributed by atoms with Gasteiger partial charge in [-0.15, -0.1) is 0 Å². The standard InChI is InChI=1S/C17H13Cl2N3O2/c18-14-6-5-13(9-15(14)19)17(24)22-8-7-21-16(23)12-3-1-11(10-20)2-4-12/h1-6,9H,7-8H2,(H,21,23)(H,22,24). The zero-order valence-corrected chi connectivity index (χ0v) is 14.0. The molecule has 0 aromatic heterocycles. The molecule has 0 radical (unpaired) electrons. The summed E-state index contributed by atoms with van der Waals surface area (Å²) >= 11 is 11.7. The number of nitriles is 1. The number of carbonyl (C=O) groups is 2. The molecule has 0 unspecified atom stereocenters. The van der Waals surface area contributed by atoms with Gasteiger partial charge in [0.05, 0.1) is 21.7 Å². The van der Waals surface area contributed by atoms with Gasteiger partial charge in [0.1, 0.15) is 0 Å². The maximum Gasteiger partial charge on any atom is 0.251 e. The highest BCUT2D eigenvalue weighted by Crippen LogP contribution is 2.22. The summed E-state index contributed by atoms with van der Waals surface area (Å²) < 4.78 is 0. The van der Waals surface area contributed by atoms with Crippen LogP contribution in [-0.4, -0.2) is 24.9 Å². The molecule has 2 rings (SSSR count). The molecule has 0 aliphatic carbocycles. The van der Waals surface area contributed by atoms with E-state index in [1.807, 2.05) is 6.07 Å². The van der Waals surface area contributed by atoms with Gasteiger partial charge in [0.25, 0.3) is 11.8 Å². The van der Waals surface area contributed by atoms with E-state index < -0.39 is 0 Å². The zero-order valence-electron chi connectivity index (χ0n) is 12.5. The average Bonchev–Trinajstić information content (AvgIpc) is 2.60. The Balaban J connectivity index is 1.79. The molecule has 0 saturated heterocycles. The molecule has 0 saturated carbocycles. The maximum atomic E-state index is 11.9. The Labute approximate surface area is 149 Å². The molecule has 2 aromatic rings. The number of hydrogen-bond donors (Lipinski definition) is 2. The van der Waals surface area contributed by atoms with Crippen LogP contribution in [0.4, 0.5) is 0 Å². The van der Waals surface area contributed by atoms with Crippen molar-refractivity contribution < 1.29 is 9.59 Å². The van der Waals surface area contributed by atoms with Crippen LogP contribution < -0.4 is 10.6 Å². The van der Waals surface area contributed by atoms with Crippen molar-refractivity contribution in [2.24, 2.45) is 0 Å². The first-order valence-electron chi connectivity index (χ1n) is 7.03. The van der Waals surface area contributed by atoms with Crippen molar-refractivity contribution in [3.05, 3.63) is 69.2 Å². The number of halogens is 2. The van der Waals surface area contributed by atoms with Gasteiger partial charge in [-0.2, -0.15) is 5.26 Å². The summed E-state index contributed by atoms with van der Waals surface area (Å²) in [6, 6.07) is 12.9. The number of amides is 2. The molecule has 122 valence electrons. The molecule has 0 fully saturated rings. The lowest BCUT2D eigenvalue weighted by Crippen LogP contribution is -2.34. The predicted octanol–water partition coefficient (Wildman–Crippen LogP) is 3.02. The van der Waals surface area contributed by atoms with Crippen LogP contribution in [-0.2, 0) is 0 Å². The van der Waals surface area contributed by atoms with E-state index in [0.29, 0.717) is 26.7 Å². The fourth-order valence-corrected chi connectivity index (χ4v) is 2.19. The van der Waals surface area contributed by atoms with E-state index in [1.165, 1.54) is 6.07 Å². The first kappa shape index (κ1) is 17.8. The van der Waals surface area contributed by atoms with Crippen LogP contribution in [0.5, 0.6) is 0 Å². The van der Waals surface area contributed by atoms with Crippen LogP contribution >= 0.6 is 23.2 Å². The van der Waals surface area contributed by atoms with Crippen LogP contribution in [0.3, 0.4) is 0 Å². The Bertz CT molecular complexity index is 798. The molecule has 24 heavy (non-hydrogen) atoms. The lowest BCUT2D eigenvalue weighted by atomic mass is 10.1. The monoisotopic (exact) mass is 361 g/mol. The van der Waals surface area contributed by atoms with Crippen LogP contribution in [0.15, 0.2) is 42.5 Å². The number of rotatable bonds is 5. The summed E-state index contributed by atoms with van der Waals surface area (Å²) in [5.74, 6) is -0.579. The minimum atomic E-state index is -0.304. The van der Waals surface area contributed by atoms with Gasteiger partial charge in [-0.05, 0) is 42.5 Å². The van der Waals surface area contributed by atoms with Crippen molar-refractivity contribution in [2.75, 3.05) is 13.1 Å². The third-order valence-corrected chi connectivity index (χ3v) is 3.89. The van der Waals surface area contributed by atoms with Crippen LogP contribution in [0.1, 0.15) is 26.3 Å². The Kier molecular flexibility index (Phi) is 6.19. The third-order valence-electron chi connectivity index (χ3n) is 3.15. The van der Waals surface area contributed by atoms with Crippen LogP contribution in [0.2, 0.25) is 10.0 Å². The number of nitrogens with one attached hydrogen (secondary N) is 2. The molecule has 0 aliphatic rings. The Morgan fingerprint density at radius 1 is 0.875 bits per heavy atom. The molecule has 2 amide bonds. The topological polar surface area (TPSA) is 82.0 Å². The maximum absolute atomic E-state index is 11.9. The Morgan fingerprint density at radius 3 is 1.96 bits per heavy atom. The van der Waals surface area contributed by atoms with E-state index in [4.69, 9.17) is 28.5 Å². The first-order chi connectivity index (χ1) is 11.5. The van der Waals surface area contributed by atoms with Crippen molar-refractivity contribution in [1.29, 1.82) is 5.26 Å². The lowest BCUT2D eigenvalue weighted by molar-refractivity contribution is 0.0927. The number of hydrogen-bond acceptors (Lipinski definition) is 3. The summed E-state index contributed by atoms with van der Waals surface area (Å²) in [4.78, 5) is 23.8. The summed E-state index contributed by atoms with van der Waals surface area (Å²) in [6.45, 7) is 0.535. The first-order valence-corrected chi connectivity index (χ1v) is 7.78. The van der Waals surface area contributed by atoms with E-state index in [-0.39, 0.29) is 24.9 Å². The lowest BCUT2D eigenvalue weighted by Gasteiger charge is -2.08. The highest BCUT2D eigenvalue weighted by molar-refractivity contribution is 6.42. The molecule has 0 aliphatic heterocycles. The Morgan fingerprint density at radius 2 is 1.42 bits per heavy atom. The van der Waals surface area contributed by atoms with Gasteiger partial charge in [-0.3, -0.25) is 9.59 Å². The second-order valence-corrected chi connectivity index (χ2v) is 5.64. The molecular formula is C17H13Cl2N3O2. The van der Waals surface area contributed by atoms with E-state index >= 15 is 0 Å². The van der Waals surface area contributed by atoms with Gasteiger partial charge in [0.15, 0.2) is 0 Å². The van der Waals surface area contributed by atoms with Crippen molar-refractivity contribution >= 4 is 35.0 Å². The number of benzene rings is 2. The van der Waals surface area contributed by atoms with E-state index in [0.717, 1.165) is 0 Å². The van der Waals surface area contributed by atoms with Gasteiger partial charge < -0.3 is 10.6 Å². The summed E-state index contributed by atoms with van der Waals surface area (Å²) in [7, 11) is 0. The summed E-state index contributed by atoms with van der Waals surface area (Å²) in [5.41, 5.74) is 1.33. The van der Waals surface area contributed by atoms with Gasteiger partial charge in [0, 0.05) is 24.2 Å². The second kappa shape index (κ2) is 8.34. The van der Waals surface area contributed by atoms with Crippen molar-refractivity contribution in [3.63, 3.8) is 0 Å². The van der Waals surface area contributed by atoms with Gasteiger partial charge in [-0.1, -0.05) is 23.2 Å². The molecule has 0 heterocycles. The quantitative estimate of drug-likeness (QED) is 0.803. The van der Waals surface area contributed by atoms with Crippen molar-refractivity contribution in [2.45, 2.75) is 0 Å². The largest absolute Gasteiger partial charge is 0.350 e. The minimum absolute atomic E-state index is 0.265. The van der Waals surface area contributed by atoms with Gasteiger partial charge >= 0.3 is 0 Å². The van der Waals surface area contributed by atoms with Crippen molar-refractivity contribution in [1.82, 2.24) is 10.6 Å². The normalized spacial score (nSPS) is 9.88. The molecule has 2 N–H and O–H groups in total. The number of carbonyl (C=O) groups excluding carboxylic acids is 2. The van der Waals surface area contributed by atoms with Crippen LogP contribution in [0, 0.1) is 11.3 Å². The third kappa shape index (κ3) is 4.72.